The Bertz CT molecular complexity index is 2650. The van der Waals surface area contributed by atoms with E-state index in [4.69, 9.17) is 4.74 Å². The molecule has 3 aromatic carbocycles. The highest BCUT2D eigenvalue weighted by molar-refractivity contribution is 5.86. The molecule has 1 atom stereocenters. The van der Waals surface area contributed by atoms with Crippen molar-refractivity contribution in [2.24, 2.45) is 0 Å². The largest absolute Gasteiger partial charge is 0.375 e. The number of likely N-dealkylation sites (tertiary alicyclic amines) is 2. The van der Waals surface area contributed by atoms with Gasteiger partial charge in [0.15, 0.2) is 6.29 Å². The number of aromatic amines is 1. The molecule has 4 saturated heterocycles. The van der Waals surface area contributed by atoms with Crippen molar-refractivity contribution in [1.82, 2.24) is 39.7 Å². The number of amides is 2. The van der Waals surface area contributed by atoms with Gasteiger partial charge >= 0.3 is 0 Å². The van der Waals surface area contributed by atoms with Crippen molar-refractivity contribution in [1.29, 1.82) is 0 Å². The van der Waals surface area contributed by atoms with Gasteiger partial charge in [0.25, 0.3) is 11.1 Å². The number of hydrogen-bond acceptors (Lipinski definition) is 10. The first-order valence-corrected chi connectivity index (χ1v) is 27.2. The molecule has 1 aliphatic carbocycles. The van der Waals surface area contributed by atoms with Crippen LogP contribution in [0.15, 0.2) is 82.5 Å². The van der Waals surface area contributed by atoms with Crippen molar-refractivity contribution in [3.8, 4) is 0 Å². The smallest absolute Gasteiger partial charge is 0.272 e. The predicted octanol–water partition coefficient (Wildman–Crippen LogP) is 8.77. The quantitative estimate of drug-likeness (QED) is 0.130. The minimum atomic E-state index is -0.548. The van der Waals surface area contributed by atoms with E-state index in [1.807, 2.05) is 54.0 Å². The van der Waals surface area contributed by atoms with Gasteiger partial charge in [0.05, 0.1) is 42.6 Å². The van der Waals surface area contributed by atoms with Crippen LogP contribution in [-0.4, -0.2) is 151 Å². The number of aldehydes is 1. The number of nitrogens with one attached hydrogen (secondary N) is 2. The Balaban J connectivity index is 0.000000269. The van der Waals surface area contributed by atoms with Crippen LogP contribution in [0.2, 0.25) is 0 Å². The third-order valence-corrected chi connectivity index (χ3v) is 14.9. The van der Waals surface area contributed by atoms with Crippen molar-refractivity contribution in [2.45, 2.75) is 129 Å². The van der Waals surface area contributed by atoms with Crippen LogP contribution in [0.4, 0.5) is 8.78 Å². The first-order valence-electron chi connectivity index (χ1n) is 27.2. The number of piperazine rings is 1. The molecule has 10 rings (SSSR count). The number of hydrogen-bond donors (Lipinski definition) is 2. The van der Waals surface area contributed by atoms with Gasteiger partial charge in [-0.05, 0) is 105 Å². The summed E-state index contributed by atoms with van der Waals surface area (Å²) in [5.41, 5.74) is 2.33. The number of alkyl halides is 1. The van der Waals surface area contributed by atoms with Crippen LogP contribution in [0.1, 0.15) is 131 Å². The number of rotatable bonds is 10. The number of likely N-dealkylation sites (N-methyl/N-ethyl adjacent to an activating group) is 1. The first kappa shape index (κ1) is 60.2. The van der Waals surface area contributed by atoms with Gasteiger partial charge in [-0.3, -0.25) is 33.3 Å². The van der Waals surface area contributed by atoms with Crippen LogP contribution in [0.25, 0.3) is 21.5 Å². The normalized spacial score (nSPS) is 18.6. The maximum absolute atomic E-state index is 13.4. The molecular weight excluding hydrogens is 955 g/mol. The molecule has 75 heavy (non-hydrogen) atoms. The summed E-state index contributed by atoms with van der Waals surface area (Å²) in [7, 11) is 2.60. The van der Waals surface area contributed by atoms with E-state index in [-0.39, 0.29) is 54.7 Å². The molecule has 16 heteroatoms. The number of halogens is 2. The molecule has 6 heterocycles. The van der Waals surface area contributed by atoms with Gasteiger partial charge in [0.2, 0.25) is 11.8 Å². The zero-order valence-electron chi connectivity index (χ0n) is 44.3. The standard InChI is InChI=1S/C33H48N6O4.C16H11FN2O2.C6H12.C2H6.CH3F.CH4/c1-35-18-20-38(21-19-35)31(40)23-36-13-7-26(8-14-36)43-27-9-15-37(16-10-27)32(41)24-39-17-11-29-28(25-4-3-12-34-22-25)5-2-6-30(29)33(39)42;17-14-6-5-10(7-11(14)9-20)8-15-12-3-1-2-4-13(12)16(21)19-18-15;1-2-4-6-5-3-1;2*1-2;/h2,5-6,11,17,25-27,34H,3-4,7-10,12-16,18-24H2,1H3;1-7,9H,8H2,(H,19,21);1-6H2;1-2H3;1H3;1H4. The Morgan fingerprint density at radius 3 is 1.93 bits per heavy atom. The fourth-order valence-corrected chi connectivity index (χ4v) is 10.6. The number of carbonyl (C=O) groups excluding carboxylic acids is 3. The number of fused-ring (bicyclic) bond motifs is 2. The highest BCUT2D eigenvalue weighted by Gasteiger charge is 2.30. The number of piperidine rings is 3. The van der Waals surface area contributed by atoms with Crippen LogP contribution in [0.3, 0.4) is 0 Å². The number of nitrogens with zero attached hydrogens (tertiary/aromatic N) is 6. The van der Waals surface area contributed by atoms with E-state index in [0.29, 0.717) is 61.9 Å². The van der Waals surface area contributed by atoms with Crippen LogP contribution >= 0.6 is 0 Å². The van der Waals surface area contributed by atoms with Gasteiger partial charge in [0, 0.05) is 82.3 Å². The minimum absolute atomic E-state index is 0. The summed E-state index contributed by atoms with van der Waals surface area (Å²) in [4.78, 5) is 70.2. The van der Waals surface area contributed by atoms with Crippen LogP contribution in [0, 0.1) is 5.82 Å². The van der Waals surface area contributed by atoms with Gasteiger partial charge < -0.3 is 29.3 Å². The number of benzene rings is 3. The minimum Gasteiger partial charge on any atom is -0.375 e. The summed E-state index contributed by atoms with van der Waals surface area (Å²) < 4.78 is 30.9. The van der Waals surface area contributed by atoms with E-state index >= 15 is 0 Å². The number of H-pyrrole nitrogens is 1. The molecule has 5 aliphatic rings. The highest BCUT2D eigenvalue weighted by Crippen LogP contribution is 2.29. The lowest BCUT2D eigenvalue weighted by molar-refractivity contribution is -0.137. The van der Waals surface area contributed by atoms with Gasteiger partial charge in [-0.15, -0.1) is 0 Å². The van der Waals surface area contributed by atoms with E-state index in [9.17, 15) is 32.8 Å². The zero-order chi connectivity index (χ0) is 52.8. The Labute approximate surface area is 443 Å². The van der Waals surface area contributed by atoms with Crippen molar-refractivity contribution in [2.75, 3.05) is 86.2 Å². The lowest BCUT2D eigenvalue weighted by Crippen LogP contribution is -2.51. The highest BCUT2D eigenvalue weighted by atomic mass is 19.1. The topological polar surface area (TPSA) is 153 Å². The molecule has 0 bridgehead atoms. The molecule has 2 aromatic heterocycles. The first-order chi connectivity index (χ1) is 36.1. The third kappa shape index (κ3) is 17.2. The second kappa shape index (κ2) is 31.4. The second-order valence-electron chi connectivity index (χ2n) is 19.8. The summed E-state index contributed by atoms with van der Waals surface area (Å²) in [6.45, 7) is 13.2. The van der Waals surface area contributed by atoms with E-state index in [2.05, 4.69) is 38.4 Å². The van der Waals surface area contributed by atoms with Crippen molar-refractivity contribution in [3.63, 3.8) is 0 Å². The third-order valence-electron chi connectivity index (χ3n) is 14.9. The molecule has 4 aliphatic heterocycles. The fraction of sp³-hybridized carbons (Fsp3) is 0.559. The summed E-state index contributed by atoms with van der Waals surface area (Å²) in [5.74, 6) is 0.109. The maximum Gasteiger partial charge on any atom is 0.272 e. The van der Waals surface area contributed by atoms with Gasteiger partial charge in [-0.25, -0.2) is 9.49 Å². The molecule has 1 saturated carbocycles. The Kier molecular flexibility index (Phi) is 25.2. The monoisotopic (exact) mass is 1040 g/mol. The number of ether oxygens (including phenoxy) is 1. The van der Waals surface area contributed by atoms with Gasteiger partial charge in [-0.1, -0.05) is 96.2 Å². The van der Waals surface area contributed by atoms with E-state index in [1.165, 1.54) is 56.2 Å². The molecule has 1 unspecified atom stereocenters. The zero-order valence-corrected chi connectivity index (χ0v) is 44.3. The maximum atomic E-state index is 13.4. The van der Waals surface area contributed by atoms with Crippen LogP contribution in [-0.2, 0) is 27.3 Å². The summed E-state index contributed by atoms with van der Waals surface area (Å²) >= 11 is 0. The Morgan fingerprint density at radius 1 is 0.707 bits per heavy atom. The number of aromatic nitrogens is 3. The fourth-order valence-electron chi connectivity index (χ4n) is 10.6. The molecule has 0 spiro atoms. The lowest BCUT2D eigenvalue weighted by Gasteiger charge is -2.38. The molecule has 410 valence electrons. The van der Waals surface area contributed by atoms with E-state index in [0.717, 1.165) is 107 Å². The van der Waals surface area contributed by atoms with Gasteiger partial charge in [-0.2, -0.15) is 5.10 Å². The summed E-state index contributed by atoms with van der Waals surface area (Å²) in [6, 6.07) is 19.5. The molecule has 2 N–H and O–H groups in total. The summed E-state index contributed by atoms with van der Waals surface area (Å²) in [6.07, 6.45) is 17.9. The van der Waals surface area contributed by atoms with Crippen molar-refractivity contribution >= 4 is 39.6 Å². The van der Waals surface area contributed by atoms with Crippen molar-refractivity contribution in [3.05, 3.63) is 122 Å². The van der Waals surface area contributed by atoms with Crippen molar-refractivity contribution < 1.29 is 27.9 Å². The predicted molar refractivity (Wildman–Crippen MR) is 297 cm³/mol. The van der Waals surface area contributed by atoms with Crippen LogP contribution in [0.5, 0.6) is 0 Å². The average molecular weight is 1040 g/mol. The van der Waals surface area contributed by atoms with Crippen LogP contribution < -0.4 is 16.4 Å². The SMILES string of the molecule is C.C1CCCCC1.CC.CF.CN1CCN(C(=O)CN2CCC(OC3CCN(C(=O)Cn4ccc5c(C6CCCNC6)cccc5c4=O)CC3)CC2)CC1.O=Cc1cc(Cc2n[nH]c(=O)c3ccccc23)ccc1F. The number of pyridine rings is 1. The Hall–Kier alpha value is -5.68. The number of carbonyl (C=O) groups is 3. The lowest BCUT2D eigenvalue weighted by atomic mass is 9.88. The van der Waals surface area contributed by atoms with Gasteiger partial charge in [0.1, 0.15) is 12.4 Å². The summed E-state index contributed by atoms with van der Waals surface area (Å²) in [5, 5.41) is 13.0. The van der Waals surface area contributed by atoms with E-state index < -0.39 is 5.82 Å². The average Bonchev–Trinajstić information content (AvgIpc) is 3.46. The molecule has 5 fully saturated rings. The molecule has 14 nitrogen and oxygen atoms in total. The molecule has 5 aromatic rings. The Morgan fingerprint density at radius 2 is 1.31 bits per heavy atom. The second-order valence-corrected chi connectivity index (χ2v) is 19.8. The van der Waals surface area contributed by atoms with E-state index in [1.54, 1.807) is 29.0 Å². The molecule has 0 radical (unpaired) electrons. The molecule has 2 amide bonds. The molecular formula is C59H84F2N8O6.